The third kappa shape index (κ3) is 2.57. The zero-order chi connectivity index (χ0) is 14.8. The fourth-order valence-electron chi connectivity index (χ4n) is 2.53. The summed E-state index contributed by atoms with van der Waals surface area (Å²) in [5.74, 6) is 0.0843. The molecule has 0 fully saturated rings. The first-order valence-corrected chi connectivity index (χ1v) is 7.07. The van der Waals surface area contributed by atoms with E-state index in [2.05, 4.69) is 10.1 Å². The topological polar surface area (TPSA) is 47.8 Å². The van der Waals surface area contributed by atoms with Crippen molar-refractivity contribution in [1.82, 2.24) is 14.8 Å². The van der Waals surface area contributed by atoms with E-state index in [0.717, 1.165) is 28.6 Å². The number of Topliss-reactive ketones (excluding diaryl/α,β-unsaturated/α-hetero) is 1. The minimum atomic E-state index is 0.0843. The Morgan fingerprint density at radius 3 is 2.81 bits per heavy atom. The number of pyridine rings is 1. The van der Waals surface area contributed by atoms with Gasteiger partial charge in [0.2, 0.25) is 0 Å². The molecule has 0 aliphatic rings. The van der Waals surface area contributed by atoms with Crippen LogP contribution in [0.4, 0.5) is 0 Å². The summed E-state index contributed by atoms with van der Waals surface area (Å²) in [7, 11) is 1.82. The van der Waals surface area contributed by atoms with Crippen LogP contribution in [0.1, 0.15) is 28.7 Å². The van der Waals surface area contributed by atoms with Crippen molar-refractivity contribution < 1.29 is 4.79 Å². The van der Waals surface area contributed by atoms with Gasteiger partial charge in [-0.1, -0.05) is 25.1 Å². The van der Waals surface area contributed by atoms with E-state index in [1.54, 1.807) is 10.9 Å². The number of aryl methyl sites for hydroxylation is 2. The molecule has 0 unspecified atom stereocenters. The van der Waals surface area contributed by atoms with E-state index >= 15 is 0 Å². The summed E-state index contributed by atoms with van der Waals surface area (Å²) in [5, 5.41) is 5.37. The fourth-order valence-corrected chi connectivity index (χ4v) is 2.53. The van der Waals surface area contributed by atoms with Crippen molar-refractivity contribution in [2.24, 2.45) is 7.05 Å². The van der Waals surface area contributed by atoms with E-state index in [-0.39, 0.29) is 5.78 Å². The minimum absolute atomic E-state index is 0.0843. The Balaban J connectivity index is 1.94. The highest BCUT2D eigenvalue weighted by Crippen LogP contribution is 2.18. The quantitative estimate of drug-likeness (QED) is 0.690. The Bertz CT molecular complexity index is 799. The van der Waals surface area contributed by atoms with E-state index in [1.807, 2.05) is 50.4 Å². The van der Waals surface area contributed by atoms with Gasteiger partial charge in [-0.05, 0) is 30.2 Å². The number of carbonyl (C=O) groups is 1. The van der Waals surface area contributed by atoms with Crippen LogP contribution < -0.4 is 0 Å². The van der Waals surface area contributed by atoms with E-state index in [4.69, 9.17) is 0 Å². The lowest BCUT2D eigenvalue weighted by molar-refractivity contribution is 0.0984. The second-order valence-electron chi connectivity index (χ2n) is 5.09. The molecular weight excluding hydrogens is 262 g/mol. The van der Waals surface area contributed by atoms with Crippen LogP contribution in [0.25, 0.3) is 10.9 Å². The third-order valence-corrected chi connectivity index (χ3v) is 3.67. The molecule has 0 N–H and O–H groups in total. The molecule has 0 amide bonds. The number of aromatic nitrogens is 3. The summed E-state index contributed by atoms with van der Waals surface area (Å²) in [6, 6.07) is 11.7. The molecule has 0 atom stereocenters. The van der Waals surface area contributed by atoms with Gasteiger partial charge in [0, 0.05) is 25.1 Å². The Hall–Kier alpha value is -2.49. The number of nitrogens with zero attached hydrogens (tertiary/aromatic N) is 3. The normalized spacial score (nSPS) is 11.0. The summed E-state index contributed by atoms with van der Waals surface area (Å²) in [6.07, 6.45) is 2.96. The van der Waals surface area contributed by atoms with E-state index in [1.165, 1.54) is 0 Å². The van der Waals surface area contributed by atoms with Crippen molar-refractivity contribution in [2.75, 3.05) is 0 Å². The molecule has 21 heavy (non-hydrogen) atoms. The number of para-hydroxylation sites is 1. The van der Waals surface area contributed by atoms with E-state index < -0.39 is 0 Å². The number of fused-ring (bicyclic) bond motifs is 1. The predicted molar refractivity (Wildman–Crippen MR) is 82.4 cm³/mol. The minimum Gasteiger partial charge on any atom is -0.292 e. The van der Waals surface area contributed by atoms with Crippen LogP contribution in [0.3, 0.4) is 0 Å². The molecule has 0 saturated heterocycles. The van der Waals surface area contributed by atoms with Crippen LogP contribution >= 0.6 is 0 Å². The highest BCUT2D eigenvalue weighted by molar-refractivity contribution is 5.98. The fraction of sp³-hybridized carbons (Fsp3) is 0.235. The second-order valence-corrected chi connectivity index (χ2v) is 5.09. The Morgan fingerprint density at radius 1 is 1.24 bits per heavy atom. The van der Waals surface area contributed by atoms with Crippen molar-refractivity contribution in [2.45, 2.75) is 19.8 Å². The van der Waals surface area contributed by atoms with Crippen molar-refractivity contribution in [3.63, 3.8) is 0 Å². The van der Waals surface area contributed by atoms with Crippen molar-refractivity contribution in [1.29, 1.82) is 0 Å². The molecule has 2 heterocycles. The molecule has 0 saturated carbocycles. The second kappa shape index (κ2) is 5.48. The zero-order valence-electron chi connectivity index (χ0n) is 12.2. The number of ketones is 1. The first kappa shape index (κ1) is 13.5. The Morgan fingerprint density at radius 2 is 2.05 bits per heavy atom. The number of rotatable bonds is 4. The van der Waals surface area contributed by atoms with Crippen LogP contribution in [0.5, 0.6) is 0 Å². The zero-order valence-corrected chi connectivity index (χ0v) is 12.2. The highest BCUT2D eigenvalue weighted by Gasteiger charge is 2.14. The predicted octanol–water partition coefficient (Wildman–Crippen LogP) is 2.96. The average Bonchev–Trinajstić information content (AvgIpc) is 2.89. The number of hydrogen-bond donors (Lipinski definition) is 0. The van der Waals surface area contributed by atoms with Gasteiger partial charge >= 0.3 is 0 Å². The standard InChI is InChI=1S/C17H17N3O/c1-3-13-11-16(20(2)19-13)17(21)10-12-8-9-18-15-7-5-4-6-14(12)15/h4-9,11H,3,10H2,1-2H3. The largest absolute Gasteiger partial charge is 0.292 e. The summed E-state index contributed by atoms with van der Waals surface area (Å²) in [4.78, 5) is 16.9. The number of hydrogen-bond acceptors (Lipinski definition) is 3. The summed E-state index contributed by atoms with van der Waals surface area (Å²) in [6.45, 7) is 2.03. The van der Waals surface area contributed by atoms with Crippen molar-refractivity contribution in [3.8, 4) is 0 Å². The monoisotopic (exact) mass is 279 g/mol. The van der Waals surface area contributed by atoms with Gasteiger partial charge in [-0.3, -0.25) is 14.5 Å². The van der Waals surface area contributed by atoms with Crippen LogP contribution in [-0.2, 0) is 19.9 Å². The third-order valence-electron chi connectivity index (χ3n) is 3.67. The van der Waals surface area contributed by atoms with Gasteiger partial charge in [0.15, 0.2) is 5.78 Å². The molecule has 106 valence electrons. The van der Waals surface area contributed by atoms with Gasteiger partial charge in [0.05, 0.1) is 11.2 Å². The van der Waals surface area contributed by atoms with E-state index in [0.29, 0.717) is 12.1 Å². The van der Waals surface area contributed by atoms with Gasteiger partial charge in [0.25, 0.3) is 0 Å². The van der Waals surface area contributed by atoms with Crippen LogP contribution in [0.2, 0.25) is 0 Å². The number of benzene rings is 1. The first-order chi connectivity index (χ1) is 10.2. The SMILES string of the molecule is CCc1cc(C(=O)Cc2ccnc3ccccc23)n(C)n1. The van der Waals surface area contributed by atoms with Crippen LogP contribution in [0, 0.1) is 0 Å². The van der Waals surface area contributed by atoms with Crippen LogP contribution in [-0.4, -0.2) is 20.5 Å². The molecule has 0 aliphatic carbocycles. The molecule has 0 aliphatic heterocycles. The summed E-state index contributed by atoms with van der Waals surface area (Å²) < 4.78 is 1.67. The molecule has 2 aromatic heterocycles. The molecule has 0 bridgehead atoms. The molecule has 4 heteroatoms. The van der Waals surface area contributed by atoms with Crippen LogP contribution in [0.15, 0.2) is 42.6 Å². The Labute approximate surface area is 123 Å². The lowest BCUT2D eigenvalue weighted by atomic mass is 10.0. The summed E-state index contributed by atoms with van der Waals surface area (Å²) >= 11 is 0. The molecule has 1 aromatic carbocycles. The van der Waals surface area contributed by atoms with Crippen molar-refractivity contribution in [3.05, 3.63) is 59.5 Å². The Kier molecular flexibility index (Phi) is 3.52. The molecule has 3 rings (SSSR count). The molecule has 4 nitrogen and oxygen atoms in total. The smallest absolute Gasteiger partial charge is 0.185 e. The average molecular weight is 279 g/mol. The maximum atomic E-state index is 12.5. The molecule has 0 spiro atoms. The van der Waals surface area contributed by atoms with Gasteiger partial charge in [-0.2, -0.15) is 5.10 Å². The lowest BCUT2D eigenvalue weighted by Gasteiger charge is -2.05. The maximum absolute atomic E-state index is 12.5. The molecular formula is C17H17N3O. The number of carbonyl (C=O) groups excluding carboxylic acids is 1. The van der Waals surface area contributed by atoms with Gasteiger partial charge < -0.3 is 0 Å². The first-order valence-electron chi connectivity index (χ1n) is 7.07. The summed E-state index contributed by atoms with van der Waals surface area (Å²) in [5.41, 5.74) is 3.53. The molecule has 3 aromatic rings. The highest BCUT2D eigenvalue weighted by atomic mass is 16.1. The van der Waals surface area contributed by atoms with Gasteiger partial charge in [0.1, 0.15) is 5.69 Å². The maximum Gasteiger partial charge on any atom is 0.185 e. The van der Waals surface area contributed by atoms with E-state index in [9.17, 15) is 4.79 Å². The lowest BCUT2D eigenvalue weighted by Crippen LogP contribution is -2.10. The van der Waals surface area contributed by atoms with Crippen molar-refractivity contribution >= 4 is 16.7 Å². The van der Waals surface area contributed by atoms with Gasteiger partial charge in [-0.25, -0.2) is 0 Å². The van der Waals surface area contributed by atoms with Gasteiger partial charge in [-0.15, -0.1) is 0 Å². The molecule has 0 radical (unpaired) electrons.